The van der Waals surface area contributed by atoms with Crippen molar-refractivity contribution in [3.63, 3.8) is 0 Å². The molecular weight excluding hydrogens is 170 g/mol. The first kappa shape index (κ1) is 12.0. The van der Waals surface area contributed by atoms with Crippen LogP contribution in [0.3, 0.4) is 0 Å². The van der Waals surface area contributed by atoms with E-state index < -0.39 is 0 Å². The van der Waals surface area contributed by atoms with E-state index in [1.54, 1.807) is 0 Å². The average Bonchev–Trinajstić information content (AvgIpc) is 2.46. The highest BCUT2D eigenvalue weighted by molar-refractivity contribution is 4.77. The molecule has 83 valence electrons. The Bertz CT molecular complexity index is 114. The van der Waals surface area contributed by atoms with Crippen LogP contribution >= 0.6 is 0 Å². The molecule has 1 aliphatic heterocycles. The minimum atomic E-state index is 0.860. The van der Waals surface area contributed by atoms with Gasteiger partial charge in [0.05, 0.1) is 0 Å². The molecule has 1 heteroatoms. The van der Waals surface area contributed by atoms with Crippen LogP contribution in [0, 0.1) is 12.5 Å². The molecule has 0 bridgehead atoms. The van der Waals surface area contributed by atoms with Crippen LogP contribution in [0.15, 0.2) is 0 Å². The molecule has 0 spiro atoms. The second-order valence-electron chi connectivity index (χ2n) is 4.58. The summed E-state index contributed by atoms with van der Waals surface area (Å²) in [7, 11) is 0. The number of hydrogen-bond acceptors (Lipinski definition) is 1. The zero-order chi connectivity index (χ0) is 10.1. The predicted molar refractivity (Wildman–Crippen MR) is 63.0 cm³/mol. The molecule has 0 aromatic rings. The maximum atomic E-state index is 3.42. The van der Waals surface area contributed by atoms with Crippen molar-refractivity contribution in [3.05, 3.63) is 6.54 Å². The van der Waals surface area contributed by atoms with E-state index in [0.717, 1.165) is 5.92 Å². The second-order valence-corrected chi connectivity index (χ2v) is 4.58. The van der Waals surface area contributed by atoms with Crippen molar-refractivity contribution in [2.75, 3.05) is 6.54 Å². The Balaban J connectivity index is 1.93. The van der Waals surface area contributed by atoms with Gasteiger partial charge in [-0.2, -0.15) is 0 Å². The van der Waals surface area contributed by atoms with E-state index in [-0.39, 0.29) is 0 Å². The Kier molecular flexibility index (Phi) is 7.12. The minimum Gasteiger partial charge on any atom is -0.312 e. The molecule has 1 N–H and O–H groups in total. The molecule has 1 atom stereocenters. The standard InChI is InChI=1S/C13H26N/c1-2-3-4-5-6-9-13-10-7-8-11-14-12-13/h12-14H,2-11H2,1H3. The Morgan fingerprint density at radius 2 is 2.00 bits per heavy atom. The van der Waals surface area contributed by atoms with Crippen LogP contribution in [-0.4, -0.2) is 6.54 Å². The largest absolute Gasteiger partial charge is 0.312 e. The van der Waals surface area contributed by atoms with Gasteiger partial charge in [0.2, 0.25) is 0 Å². The van der Waals surface area contributed by atoms with E-state index in [1.807, 2.05) is 0 Å². The first-order chi connectivity index (χ1) is 6.93. The molecule has 1 fully saturated rings. The van der Waals surface area contributed by atoms with Crippen molar-refractivity contribution in [1.29, 1.82) is 0 Å². The van der Waals surface area contributed by atoms with Gasteiger partial charge >= 0.3 is 0 Å². The van der Waals surface area contributed by atoms with Crippen LogP contribution in [0.1, 0.15) is 64.7 Å². The molecule has 1 aliphatic rings. The second kappa shape index (κ2) is 8.28. The molecule has 14 heavy (non-hydrogen) atoms. The normalized spacial score (nSPS) is 23.4. The smallest absolute Gasteiger partial charge is 0.0252 e. The predicted octanol–water partition coefficient (Wildman–Crippen LogP) is 3.90. The highest BCUT2D eigenvalue weighted by atomic mass is 14.9. The summed E-state index contributed by atoms with van der Waals surface area (Å²) in [6.07, 6.45) is 12.7. The molecule has 0 amide bonds. The molecule has 0 aliphatic carbocycles. The van der Waals surface area contributed by atoms with E-state index in [9.17, 15) is 0 Å². The molecule has 0 aromatic carbocycles. The summed E-state index contributed by atoms with van der Waals surface area (Å²) in [5, 5.41) is 3.42. The van der Waals surface area contributed by atoms with Gasteiger partial charge in [-0.15, -0.1) is 0 Å². The lowest BCUT2D eigenvalue weighted by molar-refractivity contribution is 0.462. The quantitative estimate of drug-likeness (QED) is 0.635. The zero-order valence-electron chi connectivity index (χ0n) is 9.73. The van der Waals surface area contributed by atoms with E-state index >= 15 is 0 Å². The van der Waals surface area contributed by atoms with Gasteiger partial charge in [-0.1, -0.05) is 45.4 Å². The summed E-state index contributed by atoms with van der Waals surface area (Å²) < 4.78 is 0. The molecule has 1 radical (unpaired) electrons. The van der Waals surface area contributed by atoms with Crippen molar-refractivity contribution in [2.24, 2.45) is 5.92 Å². The third-order valence-electron chi connectivity index (χ3n) is 3.18. The van der Waals surface area contributed by atoms with Crippen molar-refractivity contribution < 1.29 is 0 Å². The lowest BCUT2D eigenvalue weighted by Crippen LogP contribution is -2.14. The van der Waals surface area contributed by atoms with Gasteiger partial charge in [-0.25, -0.2) is 0 Å². The van der Waals surface area contributed by atoms with Crippen LogP contribution in [0.2, 0.25) is 0 Å². The Labute approximate surface area is 89.7 Å². The SMILES string of the molecule is CCCCCCCC1[CH]NCCCC1. The summed E-state index contributed by atoms with van der Waals surface area (Å²) in [5.41, 5.74) is 0. The number of nitrogens with one attached hydrogen (secondary N) is 1. The molecule has 1 rings (SSSR count). The third-order valence-corrected chi connectivity index (χ3v) is 3.18. The summed E-state index contributed by atoms with van der Waals surface area (Å²) in [6, 6.07) is 0. The number of hydrogen-bond donors (Lipinski definition) is 1. The fraction of sp³-hybridized carbons (Fsp3) is 0.923. The van der Waals surface area contributed by atoms with Gasteiger partial charge in [0.1, 0.15) is 0 Å². The van der Waals surface area contributed by atoms with Crippen LogP contribution in [0.25, 0.3) is 0 Å². The molecule has 1 heterocycles. The third kappa shape index (κ3) is 5.64. The topological polar surface area (TPSA) is 12.0 Å². The number of unbranched alkanes of at least 4 members (excludes halogenated alkanes) is 4. The van der Waals surface area contributed by atoms with Crippen LogP contribution in [0.4, 0.5) is 0 Å². The van der Waals surface area contributed by atoms with Gasteiger partial charge in [-0.05, 0) is 31.7 Å². The Morgan fingerprint density at radius 1 is 1.14 bits per heavy atom. The first-order valence-electron chi connectivity index (χ1n) is 6.50. The van der Waals surface area contributed by atoms with Crippen LogP contribution in [0.5, 0.6) is 0 Å². The monoisotopic (exact) mass is 196 g/mol. The fourth-order valence-corrected chi connectivity index (χ4v) is 2.20. The van der Waals surface area contributed by atoms with E-state index in [4.69, 9.17) is 0 Å². The lowest BCUT2D eigenvalue weighted by Gasteiger charge is -2.12. The lowest BCUT2D eigenvalue weighted by atomic mass is 9.96. The van der Waals surface area contributed by atoms with Crippen LogP contribution < -0.4 is 5.32 Å². The Hall–Kier alpha value is -0.0400. The van der Waals surface area contributed by atoms with Crippen molar-refractivity contribution in [3.8, 4) is 0 Å². The van der Waals surface area contributed by atoms with E-state index in [1.165, 1.54) is 64.3 Å². The van der Waals surface area contributed by atoms with Gasteiger partial charge in [0, 0.05) is 6.54 Å². The molecule has 1 saturated heterocycles. The fourth-order valence-electron chi connectivity index (χ4n) is 2.20. The summed E-state index contributed by atoms with van der Waals surface area (Å²) in [6.45, 7) is 5.84. The maximum absolute atomic E-state index is 3.42. The van der Waals surface area contributed by atoms with E-state index in [0.29, 0.717) is 0 Å². The summed E-state index contributed by atoms with van der Waals surface area (Å²) in [4.78, 5) is 0. The zero-order valence-corrected chi connectivity index (χ0v) is 9.73. The molecule has 1 nitrogen and oxygen atoms in total. The number of rotatable bonds is 6. The van der Waals surface area contributed by atoms with Gasteiger partial charge < -0.3 is 5.32 Å². The van der Waals surface area contributed by atoms with Gasteiger partial charge in [0.25, 0.3) is 0 Å². The molecule has 1 unspecified atom stereocenters. The summed E-state index contributed by atoms with van der Waals surface area (Å²) >= 11 is 0. The summed E-state index contributed by atoms with van der Waals surface area (Å²) in [5.74, 6) is 0.860. The average molecular weight is 196 g/mol. The van der Waals surface area contributed by atoms with E-state index in [2.05, 4.69) is 18.8 Å². The highest BCUT2D eigenvalue weighted by Crippen LogP contribution is 2.20. The minimum absolute atomic E-state index is 0.860. The van der Waals surface area contributed by atoms with Crippen molar-refractivity contribution >= 4 is 0 Å². The van der Waals surface area contributed by atoms with Crippen LogP contribution in [-0.2, 0) is 0 Å². The van der Waals surface area contributed by atoms with Gasteiger partial charge in [-0.3, -0.25) is 0 Å². The maximum Gasteiger partial charge on any atom is 0.0252 e. The van der Waals surface area contributed by atoms with Crippen molar-refractivity contribution in [2.45, 2.75) is 64.7 Å². The highest BCUT2D eigenvalue weighted by Gasteiger charge is 2.11. The molecule has 0 aromatic heterocycles. The molecular formula is C13H26N. The van der Waals surface area contributed by atoms with Gasteiger partial charge in [0.15, 0.2) is 0 Å². The van der Waals surface area contributed by atoms with Crippen molar-refractivity contribution in [1.82, 2.24) is 5.32 Å². The molecule has 0 saturated carbocycles. The Morgan fingerprint density at radius 3 is 2.86 bits per heavy atom. The first-order valence-corrected chi connectivity index (χ1v) is 6.50.